The molecule has 1 aromatic heterocycles. The van der Waals surface area contributed by atoms with Crippen molar-refractivity contribution in [3.8, 4) is 23.0 Å². The van der Waals surface area contributed by atoms with Gasteiger partial charge < -0.3 is 23.8 Å². The zero-order chi connectivity index (χ0) is 29.8. The minimum absolute atomic E-state index is 0.191. The molecule has 0 unspecified atom stereocenters. The number of carbonyl (C=O) groups excluding carboxylic acids is 1. The monoisotopic (exact) mass is 599 g/mol. The first-order chi connectivity index (χ1) is 19.7. The van der Waals surface area contributed by atoms with Crippen molar-refractivity contribution < 1.29 is 23.7 Å². The maximum absolute atomic E-state index is 14.1. The van der Waals surface area contributed by atoms with Gasteiger partial charge in [-0.25, -0.2) is 4.99 Å². The number of rotatable bonds is 10. The number of ether oxygens (including phenoxy) is 4. The smallest absolute Gasteiger partial charge is 0.271 e. The molecule has 3 aromatic rings. The van der Waals surface area contributed by atoms with E-state index in [1.807, 2.05) is 20.8 Å². The largest absolute Gasteiger partial charge is 0.497 e. The van der Waals surface area contributed by atoms with Gasteiger partial charge in [-0.05, 0) is 69.7 Å². The lowest BCUT2D eigenvalue weighted by molar-refractivity contribution is -0.127. The normalized spacial score (nSPS) is 14.8. The summed E-state index contributed by atoms with van der Waals surface area (Å²) in [6, 6.07) is 8.04. The number of hydrogen-bond donors (Lipinski definition) is 0. The first kappa shape index (κ1) is 30.2. The summed E-state index contributed by atoms with van der Waals surface area (Å²) in [5.74, 6) is 1.80. The van der Waals surface area contributed by atoms with Gasteiger partial charge in [0.05, 0.1) is 48.8 Å². The van der Waals surface area contributed by atoms with Gasteiger partial charge in [0, 0.05) is 18.7 Å². The highest BCUT2D eigenvalue weighted by Gasteiger charge is 2.36. The van der Waals surface area contributed by atoms with E-state index in [2.05, 4.69) is 0 Å². The quantitative estimate of drug-likeness (QED) is 0.347. The zero-order valence-electron chi connectivity index (χ0n) is 24.2. The number of nitrogens with zero attached hydrogens (tertiary/aromatic N) is 3. The Labute approximate surface area is 247 Å². The molecule has 218 valence electrons. The predicted molar refractivity (Wildman–Crippen MR) is 160 cm³/mol. The van der Waals surface area contributed by atoms with Crippen molar-refractivity contribution >= 4 is 34.9 Å². The molecular formula is C30H34ClN3O6S. The van der Waals surface area contributed by atoms with Crippen LogP contribution in [0.15, 0.2) is 51.4 Å². The summed E-state index contributed by atoms with van der Waals surface area (Å²) in [7, 11) is 4.64. The van der Waals surface area contributed by atoms with Crippen LogP contribution in [-0.2, 0) is 4.79 Å². The van der Waals surface area contributed by atoms with Crippen LogP contribution in [0.5, 0.6) is 23.0 Å². The molecule has 0 saturated carbocycles. The van der Waals surface area contributed by atoms with E-state index < -0.39 is 6.04 Å². The van der Waals surface area contributed by atoms with Gasteiger partial charge >= 0.3 is 0 Å². The van der Waals surface area contributed by atoms with Crippen molar-refractivity contribution in [3.05, 3.63) is 77.4 Å². The second kappa shape index (κ2) is 12.8. The molecule has 2 heterocycles. The number of aromatic nitrogens is 1. The average molecular weight is 600 g/mol. The molecule has 2 aromatic carbocycles. The Hall–Kier alpha value is -3.76. The van der Waals surface area contributed by atoms with E-state index >= 15 is 0 Å². The van der Waals surface area contributed by atoms with E-state index in [1.165, 1.54) is 18.4 Å². The molecule has 0 N–H and O–H groups in total. The number of fused-ring (bicyclic) bond motifs is 1. The van der Waals surface area contributed by atoms with Gasteiger partial charge in [0.1, 0.15) is 17.5 Å². The maximum atomic E-state index is 14.1. The molecule has 4 rings (SSSR count). The third kappa shape index (κ3) is 5.71. The number of amides is 1. The molecule has 0 aliphatic carbocycles. The lowest BCUT2D eigenvalue weighted by Gasteiger charge is -2.30. The Morgan fingerprint density at radius 2 is 1.80 bits per heavy atom. The minimum Gasteiger partial charge on any atom is -0.497 e. The van der Waals surface area contributed by atoms with Gasteiger partial charge in [0.2, 0.25) is 0 Å². The second-order valence-electron chi connectivity index (χ2n) is 9.13. The molecule has 9 nitrogen and oxygen atoms in total. The van der Waals surface area contributed by atoms with Crippen LogP contribution in [0.2, 0.25) is 5.02 Å². The fourth-order valence-electron chi connectivity index (χ4n) is 4.91. The summed E-state index contributed by atoms with van der Waals surface area (Å²) in [6.07, 6.45) is 1.74. The number of likely N-dealkylation sites (N-methyl/N-ethyl adjacent to an activating group) is 1. The first-order valence-electron chi connectivity index (χ1n) is 13.3. The molecule has 1 amide bonds. The van der Waals surface area contributed by atoms with E-state index in [9.17, 15) is 9.59 Å². The highest BCUT2D eigenvalue weighted by atomic mass is 35.5. The van der Waals surface area contributed by atoms with Gasteiger partial charge in [0.15, 0.2) is 16.3 Å². The number of thiazole rings is 1. The third-order valence-electron chi connectivity index (χ3n) is 6.87. The zero-order valence-corrected chi connectivity index (χ0v) is 25.8. The molecule has 0 fully saturated rings. The van der Waals surface area contributed by atoms with Crippen LogP contribution >= 0.6 is 22.9 Å². The Morgan fingerprint density at radius 1 is 1.07 bits per heavy atom. The van der Waals surface area contributed by atoms with Crippen molar-refractivity contribution in [3.63, 3.8) is 0 Å². The van der Waals surface area contributed by atoms with Gasteiger partial charge in [-0.15, -0.1) is 0 Å². The Bertz CT molecular complexity index is 1670. The van der Waals surface area contributed by atoms with E-state index in [4.69, 9.17) is 35.5 Å². The maximum Gasteiger partial charge on any atom is 0.271 e. The van der Waals surface area contributed by atoms with E-state index in [-0.39, 0.29) is 11.5 Å². The number of hydrogen-bond acceptors (Lipinski definition) is 8. The van der Waals surface area contributed by atoms with Crippen LogP contribution < -0.4 is 33.8 Å². The van der Waals surface area contributed by atoms with Gasteiger partial charge in [-0.2, -0.15) is 0 Å². The van der Waals surface area contributed by atoms with Gasteiger partial charge in [0.25, 0.3) is 11.5 Å². The van der Waals surface area contributed by atoms with Crippen LogP contribution in [0.1, 0.15) is 44.9 Å². The molecule has 0 saturated heterocycles. The molecule has 1 atom stereocenters. The summed E-state index contributed by atoms with van der Waals surface area (Å²) < 4.78 is 24.3. The van der Waals surface area contributed by atoms with Crippen molar-refractivity contribution in [2.45, 2.75) is 33.7 Å². The lowest BCUT2D eigenvalue weighted by atomic mass is 9.93. The Balaban J connectivity index is 2.01. The Kier molecular flexibility index (Phi) is 9.45. The van der Waals surface area contributed by atoms with Crippen LogP contribution in [0.3, 0.4) is 0 Å². The molecule has 11 heteroatoms. The van der Waals surface area contributed by atoms with Gasteiger partial charge in [-0.3, -0.25) is 14.2 Å². The minimum atomic E-state index is -0.787. The highest BCUT2D eigenvalue weighted by Crippen LogP contribution is 2.39. The van der Waals surface area contributed by atoms with Crippen molar-refractivity contribution in [1.82, 2.24) is 9.47 Å². The molecular weight excluding hydrogens is 566 g/mol. The predicted octanol–water partition coefficient (Wildman–Crippen LogP) is 4.18. The molecule has 41 heavy (non-hydrogen) atoms. The highest BCUT2D eigenvalue weighted by molar-refractivity contribution is 7.07. The van der Waals surface area contributed by atoms with Crippen LogP contribution in [0.4, 0.5) is 0 Å². The van der Waals surface area contributed by atoms with E-state index in [0.717, 1.165) is 0 Å². The lowest BCUT2D eigenvalue weighted by Crippen LogP contribution is -2.43. The first-order valence-corrected chi connectivity index (χ1v) is 14.5. The summed E-state index contributed by atoms with van der Waals surface area (Å²) in [6.45, 7) is 8.95. The number of methoxy groups -OCH3 is 3. The molecule has 0 bridgehead atoms. The molecule has 1 aliphatic rings. The molecule has 0 radical (unpaired) electrons. The van der Waals surface area contributed by atoms with Crippen molar-refractivity contribution in [2.24, 2.45) is 4.99 Å². The van der Waals surface area contributed by atoms with Crippen molar-refractivity contribution in [1.29, 1.82) is 0 Å². The molecule has 1 aliphatic heterocycles. The van der Waals surface area contributed by atoms with Crippen LogP contribution in [0.25, 0.3) is 6.08 Å². The van der Waals surface area contributed by atoms with E-state index in [1.54, 1.807) is 67.0 Å². The number of halogens is 1. The summed E-state index contributed by atoms with van der Waals surface area (Å²) in [5, 5.41) is 0.361. The van der Waals surface area contributed by atoms with Crippen molar-refractivity contribution in [2.75, 3.05) is 41.0 Å². The SMILES string of the molecule is CCOc1cc(/C=c2/sc3n(c2=O)[C@H](c2cc(OC)ccc2OC)C(C(=O)N(CC)CC)=C(C)N=3)cc(Cl)c1OC. The summed E-state index contributed by atoms with van der Waals surface area (Å²) in [4.78, 5) is 35.0. The van der Waals surface area contributed by atoms with E-state index in [0.29, 0.717) is 79.4 Å². The van der Waals surface area contributed by atoms with Gasteiger partial charge in [-0.1, -0.05) is 22.9 Å². The fraction of sp³-hybridized carbons (Fsp3) is 0.367. The molecule has 0 spiro atoms. The second-order valence-corrected chi connectivity index (χ2v) is 10.6. The summed E-state index contributed by atoms with van der Waals surface area (Å²) in [5.41, 5.74) is 1.93. The number of benzene rings is 2. The fourth-order valence-corrected chi connectivity index (χ4v) is 6.25. The van der Waals surface area contributed by atoms with Crippen LogP contribution in [0, 0.1) is 0 Å². The number of allylic oxidation sites excluding steroid dienone is 1. The third-order valence-corrected chi connectivity index (χ3v) is 8.13. The van der Waals surface area contributed by atoms with Crippen LogP contribution in [-0.4, -0.2) is 56.4 Å². The summed E-state index contributed by atoms with van der Waals surface area (Å²) >= 11 is 7.71. The Morgan fingerprint density at radius 3 is 2.41 bits per heavy atom. The average Bonchev–Trinajstić information content (AvgIpc) is 3.26. The topological polar surface area (TPSA) is 91.6 Å². The number of carbonyl (C=O) groups is 1. The standard InChI is InChI=1S/C30H34ClN3O6S/c1-8-33(9-2)29(36)25-17(4)32-30-34(26(25)20-16-19(37-5)11-12-22(20)38-6)28(35)24(41-30)15-18-13-21(31)27(39-7)23(14-18)40-10-3/h11-16,26H,8-10H2,1-7H3/b24-15+/t26-/m1/s1.